The summed E-state index contributed by atoms with van der Waals surface area (Å²) in [6.45, 7) is 0.572. The first-order chi connectivity index (χ1) is 10.1. The van der Waals surface area contributed by atoms with Crippen molar-refractivity contribution in [2.24, 2.45) is 5.73 Å². The van der Waals surface area contributed by atoms with Gasteiger partial charge in [-0.3, -0.25) is 4.79 Å². The molecular formula is C16H17FN2O2. The number of carbonyl (C=O) groups is 1. The number of carbonyl (C=O) groups excluding carboxylic acids is 1. The third-order valence-electron chi connectivity index (χ3n) is 3.07. The van der Waals surface area contributed by atoms with Crippen molar-refractivity contribution in [2.45, 2.75) is 6.42 Å². The second-order valence-corrected chi connectivity index (χ2v) is 4.54. The van der Waals surface area contributed by atoms with E-state index in [1.807, 2.05) is 12.1 Å². The van der Waals surface area contributed by atoms with Crippen LogP contribution in [0.3, 0.4) is 0 Å². The maximum atomic E-state index is 13.8. The van der Waals surface area contributed by atoms with Crippen LogP contribution in [-0.4, -0.2) is 19.6 Å². The highest BCUT2D eigenvalue weighted by Crippen LogP contribution is 2.18. The number of anilines is 1. The molecule has 0 atom stereocenters. The van der Waals surface area contributed by atoms with Crippen molar-refractivity contribution in [3.05, 3.63) is 59.4 Å². The normalized spacial score (nSPS) is 10.2. The number of nitrogens with two attached hydrogens (primary N) is 1. The number of benzene rings is 2. The molecule has 0 spiro atoms. The lowest BCUT2D eigenvalue weighted by molar-refractivity contribution is 0.102. The van der Waals surface area contributed by atoms with E-state index in [1.54, 1.807) is 18.2 Å². The van der Waals surface area contributed by atoms with E-state index in [1.165, 1.54) is 19.2 Å². The lowest BCUT2D eigenvalue weighted by Crippen LogP contribution is -2.13. The van der Waals surface area contributed by atoms with Crippen LogP contribution in [0.5, 0.6) is 5.75 Å². The van der Waals surface area contributed by atoms with Gasteiger partial charge in [-0.25, -0.2) is 4.39 Å². The van der Waals surface area contributed by atoms with Crippen molar-refractivity contribution in [3.63, 3.8) is 0 Å². The molecule has 1 amide bonds. The Balaban J connectivity index is 2.10. The quantitative estimate of drug-likeness (QED) is 0.888. The van der Waals surface area contributed by atoms with E-state index in [9.17, 15) is 9.18 Å². The molecule has 0 saturated heterocycles. The smallest absolute Gasteiger partial charge is 0.258 e. The molecule has 0 unspecified atom stereocenters. The van der Waals surface area contributed by atoms with E-state index in [2.05, 4.69) is 5.32 Å². The topological polar surface area (TPSA) is 64.3 Å². The van der Waals surface area contributed by atoms with Crippen LogP contribution in [0.25, 0.3) is 0 Å². The molecule has 0 aliphatic heterocycles. The number of ether oxygens (including phenoxy) is 1. The molecule has 21 heavy (non-hydrogen) atoms. The zero-order valence-electron chi connectivity index (χ0n) is 11.7. The Bertz CT molecular complexity index is 627. The highest BCUT2D eigenvalue weighted by molar-refractivity contribution is 6.04. The summed E-state index contributed by atoms with van der Waals surface area (Å²) in [4.78, 5) is 12.0. The van der Waals surface area contributed by atoms with E-state index in [-0.39, 0.29) is 5.56 Å². The van der Waals surface area contributed by atoms with Crippen molar-refractivity contribution >= 4 is 11.6 Å². The first-order valence-corrected chi connectivity index (χ1v) is 6.58. The zero-order valence-corrected chi connectivity index (χ0v) is 11.7. The Kier molecular flexibility index (Phi) is 4.90. The molecule has 0 aliphatic carbocycles. The Labute approximate surface area is 122 Å². The molecule has 2 rings (SSSR count). The van der Waals surface area contributed by atoms with E-state index in [0.717, 1.165) is 12.0 Å². The van der Waals surface area contributed by atoms with Gasteiger partial charge in [-0.1, -0.05) is 12.1 Å². The molecular weight excluding hydrogens is 271 g/mol. The van der Waals surface area contributed by atoms with E-state index >= 15 is 0 Å². The Hall–Kier alpha value is -2.40. The molecule has 0 aromatic heterocycles. The number of rotatable bonds is 5. The molecule has 0 heterocycles. The summed E-state index contributed by atoms with van der Waals surface area (Å²) in [7, 11) is 1.44. The fourth-order valence-corrected chi connectivity index (χ4v) is 1.93. The predicted octanol–water partition coefficient (Wildman–Crippen LogP) is 2.59. The van der Waals surface area contributed by atoms with Gasteiger partial charge in [0, 0.05) is 11.8 Å². The predicted molar refractivity (Wildman–Crippen MR) is 80.1 cm³/mol. The average Bonchev–Trinajstić information content (AvgIpc) is 2.49. The third-order valence-corrected chi connectivity index (χ3v) is 3.07. The molecule has 0 bridgehead atoms. The summed E-state index contributed by atoms with van der Waals surface area (Å²) in [6.07, 6.45) is 0.779. The van der Waals surface area contributed by atoms with Crippen LogP contribution in [0.1, 0.15) is 15.9 Å². The standard InChI is InChI=1S/C16H17FN2O2/c1-21-13-6-7-14(15(17)10-13)16(20)19-12-4-2-11(3-5-12)8-9-18/h2-7,10H,8-9,18H2,1H3,(H,19,20). The number of amides is 1. The summed E-state index contributed by atoms with van der Waals surface area (Å²) < 4.78 is 18.7. The van der Waals surface area contributed by atoms with Crippen molar-refractivity contribution in [1.29, 1.82) is 0 Å². The maximum absolute atomic E-state index is 13.8. The summed E-state index contributed by atoms with van der Waals surface area (Å²) in [5.41, 5.74) is 7.14. The lowest BCUT2D eigenvalue weighted by atomic mass is 10.1. The second-order valence-electron chi connectivity index (χ2n) is 4.54. The molecule has 0 aliphatic rings. The van der Waals surface area contributed by atoms with Crippen molar-refractivity contribution < 1.29 is 13.9 Å². The van der Waals surface area contributed by atoms with Gasteiger partial charge >= 0.3 is 0 Å². The van der Waals surface area contributed by atoms with Crippen molar-refractivity contribution in [2.75, 3.05) is 19.0 Å². The number of methoxy groups -OCH3 is 1. The van der Waals surface area contributed by atoms with Crippen molar-refractivity contribution in [1.82, 2.24) is 0 Å². The van der Waals surface area contributed by atoms with Gasteiger partial charge in [0.05, 0.1) is 12.7 Å². The monoisotopic (exact) mass is 288 g/mol. The Morgan fingerprint density at radius 1 is 1.24 bits per heavy atom. The Morgan fingerprint density at radius 2 is 1.95 bits per heavy atom. The highest BCUT2D eigenvalue weighted by atomic mass is 19.1. The van der Waals surface area contributed by atoms with Crippen LogP contribution in [0, 0.1) is 5.82 Å². The summed E-state index contributed by atoms with van der Waals surface area (Å²) >= 11 is 0. The van der Waals surface area contributed by atoms with Gasteiger partial charge in [0.15, 0.2) is 0 Å². The van der Waals surface area contributed by atoms with Gasteiger partial charge in [-0.15, -0.1) is 0 Å². The van der Waals surface area contributed by atoms with Crippen molar-refractivity contribution in [3.8, 4) is 5.75 Å². The molecule has 2 aromatic carbocycles. The van der Waals surface area contributed by atoms with Crippen LogP contribution < -0.4 is 15.8 Å². The number of nitrogens with one attached hydrogen (secondary N) is 1. The molecule has 110 valence electrons. The van der Waals surface area contributed by atoms with E-state index < -0.39 is 11.7 Å². The fourth-order valence-electron chi connectivity index (χ4n) is 1.93. The summed E-state index contributed by atoms with van der Waals surface area (Å²) in [5, 5.41) is 2.65. The van der Waals surface area contributed by atoms with Gasteiger partial charge < -0.3 is 15.8 Å². The van der Waals surface area contributed by atoms with E-state index in [4.69, 9.17) is 10.5 Å². The average molecular weight is 288 g/mol. The SMILES string of the molecule is COc1ccc(C(=O)Nc2ccc(CCN)cc2)c(F)c1. The minimum atomic E-state index is -0.619. The van der Waals surface area contributed by atoms with Crippen LogP contribution >= 0.6 is 0 Å². The highest BCUT2D eigenvalue weighted by Gasteiger charge is 2.12. The molecule has 3 N–H and O–H groups in total. The number of hydrogen-bond donors (Lipinski definition) is 2. The van der Waals surface area contributed by atoms with Crippen LogP contribution in [-0.2, 0) is 6.42 Å². The van der Waals surface area contributed by atoms with Crippen LogP contribution in [0.15, 0.2) is 42.5 Å². The molecule has 0 radical (unpaired) electrons. The second kappa shape index (κ2) is 6.85. The van der Waals surface area contributed by atoms with Gasteiger partial charge in [0.1, 0.15) is 11.6 Å². The number of hydrogen-bond acceptors (Lipinski definition) is 3. The van der Waals surface area contributed by atoms with Crippen LogP contribution in [0.2, 0.25) is 0 Å². The lowest BCUT2D eigenvalue weighted by Gasteiger charge is -2.08. The largest absolute Gasteiger partial charge is 0.497 e. The van der Waals surface area contributed by atoms with E-state index in [0.29, 0.717) is 18.0 Å². The minimum absolute atomic E-state index is 0.0261. The van der Waals surface area contributed by atoms with Crippen LogP contribution in [0.4, 0.5) is 10.1 Å². The minimum Gasteiger partial charge on any atom is -0.497 e. The summed E-state index contributed by atoms with van der Waals surface area (Å²) in [6, 6.07) is 11.4. The van der Waals surface area contributed by atoms with Gasteiger partial charge in [0.25, 0.3) is 5.91 Å². The molecule has 0 saturated carbocycles. The van der Waals surface area contributed by atoms with Gasteiger partial charge in [0.2, 0.25) is 0 Å². The third kappa shape index (κ3) is 3.79. The fraction of sp³-hybridized carbons (Fsp3) is 0.188. The molecule has 4 nitrogen and oxygen atoms in total. The van der Waals surface area contributed by atoms with Gasteiger partial charge in [-0.05, 0) is 42.8 Å². The zero-order chi connectivity index (χ0) is 15.2. The number of halogens is 1. The molecule has 5 heteroatoms. The first kappa shape index (κ1) is 15.0. The maximum Gasteiger partial charge on any atom is 0.258 e. The molecule has 0 fully saturated rings. The summed E-state index contributed by atoms with van der Waals surface area (Å²) in [5.74, 6) is -0.747. The van der Waals surface area contributed by atoms with Gasteiger partial charge in [-0.2, -0.15) is 0 Å². The first-order valence-electron chi connectivity index (χ1n) is 6.58. The Morgan fingerprint density at radius 3 is 2.52 bits per heavy atom. The molecule has 2 aromatic rings.